The Bertz CT molecular complexity index is 464. The van der Waals surface area contributed by atoms with Crippen LogP contribution in [0.2, 0.25) is 0 Å². The second-order valence-electron chi connectivity index (χ2n) is 4.00. The minimum absolute atomic E-state index is 1.88. The number of nitrogens with zero attached hydrogens (tertiary/aromatic N) is 1. The molecular weight excluding hydrogens is 331 g/mol. The lowest BCUT2D eigenvalue weighted by Crippen LogP contribution is -2.40. The Morgan fingerprint density at radius 2 is 1.38 bits per heavy atom. The fourth-order valence-electron chi connectivity index (χ4n) is 1.77. The summed E-state index contributed by atoms with van der Waals surface area (Å²) in [6.07, 6.45) is -23.6. The van der Waals surface area contributed by atoms with Crippen LogP contribution >= 0.6 is 0 Å². The molecule has 0 aromatic heterocycles. The SMILES string of the molecule is FC1=NC(F)C(C(F)(F)F)C(CC(F)(F)F)=C1C(F)(F)F. The molecule has 0 N–H and O–H groups in total. The summed E-state index contributed by atoms with van der Waals surface area (Å²) in [6, 6.07) is 0. The summed E-state index contributed by atoms with van der Waals surface area (Å²) in [7, 11) is 0. The number of alkyl halides is 10. The fraction of sp³-hybridized carbons (Fsp3) is 0.667. The second kappa shape index (κ2) is 5.13. The monoisotopic (exact) mass is 335 g/mol. The number of hydrogen-bond acceptors (Lipinski definition) is 1. The lowest BCUT2D eigenvalue weighted by atomic mass is 9.87. The number of allylic oxidation sites excluding steroid dienone is 1. The maximum atomic E-state index is 13.1. The summed E-state index contributed by atoms with van der Waals surface area (Å²) in [6.45, 7) is 0. The second-order valence-corrected chi connectivity index (χ2v) is 4.00. The molecule has 2 atom stereocenters. The molecule has 0 radical (unpaired) electrons. The van der Waals surface area contributed by atoms with Gasteiger partial charge in [0.25, 0.3) is 0 Å². The van der Waals surface area contributed by atoms with Gasteiger partial charge in [-0.3, -0.25) is 0 Å². The predicted molar refractivity (Wildman–Crippen MR) is 46.7 cm³/mol. The molecule has 1 nitrogen and oxygen atoms in total. The highest BCUT2D eigenvalue weighted by molar-refractivity contribution is 5.95. The molecule has 0 spiro atoms. The Morgan fingerprint density at radius 3 is 1.71 bits per heavy atom. The van der Waals surface area contributed by atoms with Gasteiger partial charge in [0, 0.05) is 0 Å². The average molecular weight is 335 g/mol. The molecule has 21 heavy (non-hydrogen) atoms. The average Bonchev–Trinajstić information content (AvgIpc) is 2.07. The number of dihydropyridines is 1. The van der Waals surface area contributed by atoms with Gasteiger partial charge in [-0.2, -0.15) is 43.9 Å². The van der Waals surface area contributed by atoms with Gasteiger partial charge in [-0.05, 0) is 5.57 Å². The first kappa shape index (κ1) is 17.7. The van der Waals surface area contributed by atoms with E-state index in [-0.39, 0.29) is 0 Å². The van der Waals surface area contributed by atoms with E-state index in [2.05, 4.69) is 0 Å². The Labute approximate surface area is 109 Å². The molecule has 0 amide bonds. The largest absolute Gasteiger partial charge is 0.420 e. The zero-order valence-electron chi connectivity index (χ0n) is 9.47. The summed E-state index contributed by atoms with van der Waals surface area (Å²) >= 11 is 0. The Balaban J connectivity index is 3.56. The molecule has 2 unspecified atom stereocenters. The highest BCUT2D eigenvalue weighted by Crippen LogP contribution is 2.47. The summed E-state index contributed by atoms with van der Waals surface area (Å²) in [5, 5.41) is 0. The molecule has 0 bridgehead atoms. The summed E-state index contributed by atoms with van der Waals surface area (Å²) < 4.78 is 137. The smallest absolute Gasteiger partial charge is 0.221 e. The van der Waals surface area contributed by atoms with Crippen LogP contribution in [-0.4, -0.2) is 30.8 Å². The fourth-order valence-corrected chi connectivity index (χ4v) is 1.77. The molecule has 1 heterocycles. The van der Waals surface area contributed by atoms with Crippen LogP contribution in [0.25, 0.3) is 0 Å². The van der Waals surface area contributed by atoms with Gasteiger partial charge in [0.2, 0.25) is 12.3 Å². The standard InChI is InChI=1S/C9H4F11N/c10-5-3(8(15,16)17)2(1-7(12,13)14)4(6(11)21-5)9(18,19)20/h3,5H,1H2. The number of halogens is 11. The molecule has 0 aromatic rings. The van der Waals surface area contributed by atoms with Gasteiger partial charge in [0.15, 0.2) is 0 Å². The molecule has 0 saturated carbocycles. The molecule has 1 aliphatic heterocycles. The van der Waals surface area contributed by atoms with Crippen molar-refractivity contribution >= 4 is 5.97 Å². The Hall–Kier alpha value is -1.36. The third-order valence-corrected chi connectivity index (χ3v) is 2.44. The third-order valence-electron chi connectivity index (χ3n) is 2.44. The van der Waals surface area contributed by atoms with Crippen LogP contribution < -0.4 is 0 Å². The van der Waals surface area contributed by atoms with Crippen molar-refractivity contribution in [3.05, 3.63) is 11.1 Å². The molecule has 0 saturated heterocycles. The number of aliphatic imine (C=N–C) groups is 1. The molecule has 1 aliphatic rings. The Morgan fingerprint density at radius 1 is 0.905 bits per heavy atom. The Kier molecular flexibility index (Phi) is 4.32. The van der Waals surface area contributed by atoms with Crippen LogP contribution in [0, 0.1) is 5.92 Å². The van der Waals surface area contributed by atoms with E-state index in [1.807, 2.05) is 4.99 Å². The lowest BCUT2D eigenvalue weighted by molar-refractivity contribution is -0.187. The highest BCUT2D eigenvalue weighted by Gasteiger charge is 2.57. The minimum Gasteiger partial charge on any atom is -0.221 e. The van der Waals surface area contributed by atoms with Crippen molar-refractivity contribution in [3.8, 4) is 0 Å². The molecular formula is C9H4F11N. The molecule has 12 heteroatoms. The van der Waals surface area contributed by atoms with Gasteiger partial charge in [0.05, 0.1) is 6.42 Å². The van der Waals surface area contributed by atoms with Crippen molar-refractivity contribution < 1.29 is 48.3 Å². The van der Waals surface area contributed by atoms with Crippen molar-refractivity contribution in [1.82, 2.24) is 0 Å². The maximum absolute atomic E-state index is 13.1. The van der Waals surface area contributed by atoms with Crippen LogP contribution in [0.5, 0.6) is 0 Å². The molecule has 1 rings (SSSR count). The van der Waals surface area contributed by atoms with Crippen molar-refractivity contribution in [2.24, 2.45) is 10.9 Å². The van der Waals surface area contributed by atoms with E-state index in [4.69, 9.17) is 0 Å². The van der Waals surface area contributed by atoms with E-state index in [1.54, 1.807) is 0 Å². The van der Waals surface area contributed by atoms with E-state index < -0.39 is 54.3 Å². The van der Waals surface area contributed by atoms with Crippen LogP contribution in [0.3, 0.4) is 0 Å². The van der Waals surface area contributed by atoms with Crippen LogP contribution in [-0.2, 0) is 0 Å². The molecule has 0 fully saturated rings. The zero-order chi connectivity index (χ0) is 16.8. The van der Waals surface area contributed by atoms with Crippen LogP contribution in [0.15, 0.2) is 16.1 Å². The van der Waals surface area contributed by atoms with Crippen LogP contribution in [0.1, 0.15) is 6.42 Å². The first-order valence-electron chi connectivity index (χ1n) is 4.96. The van der Waals surface area contributed by atoms with Crippen molar-refractivity contribution in [2.45, 2.75) is 31.2 Å². The van der Waals surface area contributed by atoms with Crippen LogP contribution in [0.4, 0.5) is 48.3 Å². The normalized spacial score (nSPS) is 25.2. The van der Waals surface area contributed by atoms with E-state index in [9.17, 15) is 48.3 Å². The highest BCUT2D eigenvalue weighted by atomic mass is 19.4. The summed E-state index contributed by atoms with van der Waals surface area (Å²) in [5.41, 5.74) is -5.31. The van der Waals surface area contributed by atoms with E-state index in [1.165, 1.54) is 0 Å². The summed E-state index contributed by atoms with van der Waals surface area (Å²) in [5.74, 6) is -6.55. The maximum Gasteiger partial charge on any atom is 0.420 e. The number of hydrogen-bond donors (Lipinski definition) is 0. The third kappa shape index (κ3) is 4.06. The van der Waals surface area contributed by atoms with Gasteiger partial charge in [-0.15, -0.1) is 0 Å². The minimum atomic E-state index is -5.88. The van der Waals surface area contributed by atoms with Gasteiger partial charge >= 0.3 is 18.5 Å². The van der Waals surface area contributed by atoms with Gasteiger partial charge in [0.1, 0.15) is 11.5 Å². The number of rotatable bonds is 1. The van der Waals surface area contributed by atoms with Gasteiger partial charge < -0.3 is 0 Å². The first-order chi connectivity index (χ1) is 9.14. The lowest BCUT2D eigenvalue weighted by Gasteiger charge is -2.30. The summed E-state index contributed by atoms with van der Waals surface area (Å²) in [4.78, 5) is 1.88. The molecule has 0 aromatic carbocycles. The first-order valence-corrected chi connectivity index (χ1v) is 4.96. The van der Waals surface area contributed by atoms with E-state index >= 15 is 0 Å². The van der Waals surface area contributed by atoms with Crippen molar-refractivity contribution in [3.63, 3.8) is 0 Å². The molecule has 0 aliphatic carbocycles. The van der Waals surface area contributed by atoms with Crippen molar-refractivity contribution in [1.29, 1.82) is 0 Å². The van der Waals surface area contributed by atoms with E-state index in [0.29, 0.717) is 0 Å². The van der Waals surface area contributed by atoms with Crippen molar-refractivity contribution in [2.75, 3.05) is 0 Å². The van der Waals surface area contributed by atoms with E-state index in [0.717, 1.165) is 0 Å². The quantitative estimate of drug-likeness (QED) is 0.488. The topological polar surface area (TPSA) is 12.4 Å². The van der Waals surface area contributed by atoms with Gasteiger partial charge in [-0.25, -0.2) is 9.38 Å². The van der Waals surface area contributed by atoms with Gasteiger partial charge in [-0.1, -0.05) is 0 Å². The predicted octanol–water partition coefficient (Wildman–Crippen LogP) is 4.65. The zero-order valence-corrected chi connectivity index (χ0v) is 9.47. The molecule has 122 valence electrons.